The van der Waals surface area contributed by atoms with Gasteiger partial charge in [-0.3, -0.25) is 0 Å². The molecule has 184 valence electrons. The van der Waals surface area contributed by atoms with Crippen molar-refractivity contribution in [2.45, 2.75) is 22.8 Å². The molecule has 0 aliphatic carbocycles. The molecular formula is C20H23N9O4S2. The van der Waals surface area contributed by atoms with Crippen molar-refractivity contribution in [3.05, 3.63) is 35.9 Å². The predicted octanol–water partition coefficient (Wildman–Crippen LogP) is 0.516. The second kappa shape index (κ2) is 8.46. The van der Waals surface area contributed by atoms with Gasteiger partial charge >= 0.3 is 0 Å². The largest absolute Gasteiger partial charge is 0.369 e. The van der Waals surface area contributed by atoms with E-state index in [0.717, 1.165) is 0 Å². The number of benzene rings is 2. The number of H-pyrrole nitrogens is 1. The minimum atomic E-state index is -4.58. The van der Waals surface area contributed by atoms with Gasteiger partial charge < -0.3 is 16.0 Å². The third kappa shape index (κ3) is 4.21. The number of hydrogen-bond donors (Lipinski definition) is 5. The first-order valence-electron chi connectivity index (χ1n) is 10.7. The Morgan fingerprint density at radius 3 is 2.54 bits per heavy atom. The number of nitrogens with two attached hydrogens (primary N) is 2. The summed E-state index contributed by atoms with van der Waals surface area (Å²) in [5.41, 5.74) is 7.65. The molecular weight excluding hydrogens is 494 g/mol. The van der Waals surface area contributed by atoms with Crippen LogP contribution < -0.4 is 20.9 Å². The van der Waals surface area contributed by atoms with Crippen LogP contribution in [0.15, 0.2) is 55.3 Å². The first kappa shape index (κ1) is 23.5. The zero-order valence-electron chi connectivity index (χ0n) is 18.6. The fraction of sp³-hybridized carbons (Fsp3) is 0.300. The van der Waals surface area contributed by atoms with Crippen molar-refractivity contribution in [1.29, 1.82) is 0 Å². The number of sulfonamides is 2. The molecule has 0 amide bonds. The van der Waals surface area contributed by atoms with Gasteiger partial charge in [-0.1, -0.05) is 25.1 Å². The summed E-state index contributed by atoms with van der Waals surface area (Å²) >= 11 is 0. The average Bonchev–Trinajstić information content (AvgIpc) is 3.53. The quantitative estimate of drug-likeness (QED) is 0.312. The Morgan fingerprint density at radius 1 is 1.09 bits per heavy atom. The maximum Gasteiger partial charge on any atom is 0.242 e. The Kier molecular flexibility index (Phi) is 5.68. The van der Waals surface area contributed by atoms with Crippen molar-refractivity contribution in [3.8, 4) is 11.1 Å². The lowest BCUT2D eigenvalue weighted by molar-refractivity contribution is 0.501. The fourth-order valence-corrected chi connectivity index (χ4v) is 7.31. The number of aliphatic imine (C=N–C) groups is 1. The van der Waals surface area contributed by atoms with Crippen molar-refractivity contribution >= 4 is 42.9 Å². The van der Waals surface area contributed by atoms with Gasteiger partial charge in [0.15, 0.2) is 18.5 Å². The van der Waals surface area contributed by atoms with Crippen LogP contribution in [-0.2, 0) is 20.0 Å². The molecule has 15 heteroatoms. The van der Waals surface area contributed by atoms with Crippen molar-refractivity contribution in [2.75, 3.05) is 25.5 Å². The van der Waals surface area contributed by atoms with Gasteiger partial charge in [-0.05, 0) is 30.2 Å². The number of rotatable bonds is 6. The molecule has 2 atom stereocenters. The van der Waals surface area contributed by atoms with Crippen LogP contribution in [0, 0.1) is 5.92 Å². The van der Waals surface area contributed by atoms with Crippen LogP contribution in [0.1, 0.15) is 12.5 Å². The van der Waals surface area contributed by atoms with Crippen LogP contribution in [-0.4, -0.2) is 58.4 Å². The first-order chi connectivity index (χ1) is 16.6. The smallest absolute Gasteiger partial charge is 0.242 e. The minimum absolute atomic E-state index is 0.0113. The molecule has 0 bridgehead atoms. The van der Waals surface area contributed by atoms with Gasteiger partial charge in [-0.25, -0.2) is 36.7 Å². The number of nitrogen functional groups attached to an aromatic ring is 1. The van der Waals surface area contributed by atoms with E-state index in [1.54, 1.807) is 18.2 Å². The van der Waals surface area contributed by atoms with Gasteiger partial charge in [-0.2, -0.15) is 5.11 Å². The summed E-state index contributed by atoms with van der Waals surface area (Å²) < 4.78 is 55.4. The van der Waals surface area contributed by atoms with E-state index < -0.39 is 35.9 Å². The molecule has 1 saturated heterocycles. The van der Waals surface area contributed by atoms with E-state index in [4.69, 9.17) is 10.9 Å². The van der Waals surface area contributed by atoms with E-state index in [9.17, 15) is 16.8 Å². The third-order valence-electron chi connectivity index (χ3n) is 6.01. The fourth-order valence-electron chi connectivity index (χ4n) is 4.36. The topological polar surface area (TPSA) is 210 Å². The molecule has 5 rings (SSSR count). The zero-order chi connectivity index (χ0) is 25.0. The third-order valence-corrected chi connectivity index (χ3v) is 8.67. The van der Waals surface area contributed by atoms with Gasteiger partial charge in [0, 0.05) is 18.2 Å². The Morgan fingerprint density at radius 2 is 1.89 bits per heavy atom. The minimum Gasteiger partial charge on any atom is -0.369 e. The van der Waals surface area contributed by atoms with Crippen LogP contribution in [0.2, 0.25) is 0 Å². The Balaban J connectivity index is 1.80. The number of aromatic amines is 1. The van der Waals surface area contributed by atoms with E-state index in [1.165, 1.54) is 12.1 Å². The molecule has 2 aliphatic heterocycles. The van der Waals surface area contributed by atoms with Crippen molar-refractivity contribution in [1.82, 2.24) is 20.0 Å². The van der Waals surface area contributed by atoms with E-state index in [2.05, 4.69) is 35.2 Å². The Bertz CT molecular complexity index is 1610. The van der Waals surface area contributed by atoms with Gasteiger partial charge in [-0.15, -0.1) is 5.11 Å². The number of amidine groups is 1. The molecule has 0 saturated carbocycles. The number of anilines is 1. The lowest BCUT2D eigenvalue weighted by Crippen LogP contribution is -2.40. The molecule has 13 nitrogen and oxygen atoms in total. The lowest BCUT2D eigenvalue weighted by atomic mass is 9.97. The van der Waals surface area contributed by atoms with Crippen LogP contribution >= 0.6 is 0 Å². The van der Waals surface area contributed by atoms with Gasteiger partial charge in [0.05, 0.1) is 16.6 Å². The molecule has 7 N–H and O–H groups in total. The lowest BCUT2D eigenvalue weighted by Gasteiger charge is -2.20. The number of aromatic nitrogens is 2. The SMILES string of the molecule is C[C@@H]1CNC[C@@H]1NS(=O)(=O)c1ccc(-c2cccc3[nH]c(N)nc23)c(C2=NCN=N2)c1S(N)(=O)=O. The monoisotopic (exact) mass is 517 g/mol. The number of primary sulfonamides is 1. The Hall–Kier alpha value is -3.24. The van der Waals surface area contributed by atoms with E-state index in [1.807, 2.05) is 6.92 Å². The van der Waals surface area contributed by atoms with Crippen molar-refractivity contribution < 1.29 is 16.8 Å². The maximum atomic E-state index is 13.4. The van der Waals surface area contributed by atoms with Gasteiger partial charge in [0.25, 0.3) is 0 Å². The van der Waals surface area contributed by atoms with E-state index >= 15 is 0 Å². The highest BCUT2D eigenvalue weighted by Gasteiger charge is 2.35. The second-order valence-corrected chi connectivity index (χ2v) is 11.6. The molecule has 3 heterocycles. The van der Waals surface area contributed by atoms with Crippen LogP contribution in [0.25, 0.3) is 22.2 Å². The summed E-state index contributed by atoms with van der Waals surface area (Å²) in [4.78, 5) is 10.3. The first-order valence-corrected chi connectivity index (χ1v) is 13.7. The molecule has 0 unspecified atom stereocenters. The van der Waals surface area contributed by atoms with Crippen molar-refractivity contribution in [2.24, 2.45) is 26.3 Å². The van der Waals surface area contributed by atoms with Gasteiger partial charge in [0.2, 0.25) is 20.0 Å². The predicted molar refractivity (Wildman–Crippen MR) is 130 cm³/mol. The summed E-state index contributed by atoms with van der Waals surface area (Å²) in [7, 11) is -8.88. The highest BCUT2D eigenvalue weighted by molar-refractivity contribution is 7.92. The van der Waals surface area contributed by atoms with Crippen LogP contribution in [0.4, 0.5) is 5.95 Å². The number of nitrogens with one attached hydrogen (secondary N) is 3. The highest BCUT2D eigenvalue weighted by atomic mass is 32.2. The molecule has 1 aromatic heterocycles. The second-order valence-electron chi connectivity index (χ2n) is 8.41. The van der Waals surface area contributed by atoms with E-state index in [-0.39, 0.29) is 29.9 Å². The van der Waals surface area contributed by atoms with Crippen LogP contribution in [0.5, 0.6) is 0 Å². The number of para-hydroxylation sites is 1. The highest BCUT2D eigenvalue weighted by Crippen LogP contribution is 2.37. The number of hydrogen-bond acceptors (Lipinski definition) is 10. The standard InChI is InChI=1S/C20H23N9O4S2/c1-10-7-23-8-14(10)29-35(32,33)15-6-5-11(12-3-2-4-13-17(12)27-20(21)26-13)16(18(15)34(22,30)31)19-24-9-25-28-19/h2-6,10,14,23,29H,7-9H2,1H3,(H3,21,26,27)(H2,22,30,31)/t10-,14+/m1/s1. The van der Waals surface area contributed by atoms with E-state index in [0.29, 0.717) is 35.2 Å². The number of fused-ring (bicyclic) bond motifs is 1. The molecule has 2 aromatic carbocycles. The maximum absolute atomic E-state index is 13.4. The van der Waals surface area contributed by atoms with Crippen molar-refractivity contribution in [3.63, 3.8) is 0 Å². The summed E-state index contributed by atoms with van der Waals surface area (Å²) in [6, 6.07) is 7.49. The molecule has 35 heavy (non-hydrogen) atoms. The van der Waals surface area contributed by atoms with Gasteiger partial charge in [0.1, 0.15) is 9.79 Å². The molecule has 0 radical (unpaired) electrons. The average molecular weight is 518 g/mol. The van der Waals surface area contributed by atoms with Crippen LogP contribution in [0.3, 0.4) is 0 Å². The molecule has 3 aromatic rings. The summed E-state index contributed by atoms with van der Waals surface area (Å²) in [5.74, 6) is 0.135. The number of imidazole rings is 1. The Labute approximate surface area is 201 Å². The molecule has 2 aliphatic rings. The number of azo groups is 1. The summed E-state index contributed by atoms with van der Waals surface area (Å²) in [5, 5.41) is 16.5. The number of nitrogens with zero attached hydrogens (tertiary/aromatic N) is 4. The summed E-state index contributed by atoms with van der Waals surface area (Å²) in [6.07, 6.45) is 0. The summed E-state index contributed by atoms with van der Waals surface area (Å²) in [6.45, 7) is 2.91. The molecule has 0 spiro atoms. The normalized spacial score (nSPS) is 20.6. The molecule has 1 fully saturated rings. The zero-order valence-corrected chi connectivity index (χ0v) is 20.2.